The number of hydrogen-bond acceptors (Lipinski definition) is 5. The Morgan fingerprint density at radius 2 is 2.00 bits per heavy atom. The van der Waals surface area contributed by atoms with Crippen LogP contribution in [-0.2, 0) is 0 Å². The van der Waals surface area contributed by atoms with E-state index in [1.165, 1.54) is 6.07 Å². The molecule has 20 heavy (non-hydrogen) atoms. The van der Waals surface area contributed by atoms with Crippen LogP contribution in [0, 0.1) is 10.1 Å². The van der Waals surface area contributed by atoms with Crippen molar-refractivity contribution in [3.05, 3.63) is 52.8 Å². The molecule has 0 unspecified atom stereocenters. The fourth-order valence-corrected chi connectivity index (χ4v) is 2.66. The van der Waals surface area contributed by atoms with Crippen LogP contribution in [0.4, 0.5) is 5.69 Å². The highest BCUT2D eigenvalue weighted by molar-refractivity contribution is 7.98. The number of nitrogens with zero attached hydrogens (tertiary/aromatic N) is 4. The standard InChI is InChI=1S/C13H10N4O2S/c1-20-12-8-9-7-10(17(18)19)3-4-11(9)16(12)13-14-5-2-6-15-13/h2-8H,1H3. The molecule has 0 atom stereocenters. The summed E-state index contributed by atoms with van der Waals surface area (Å²) in [5.74, 6) is 0.556. The number of nitro groups is 1. The van der Waals surface area contributed by atoms with Crippen LogP contribution in [0.2, 0.25) is 0 Å². The average molecular weight is 286 g/mol. The molecule has 3 aromatic rings. The van der Waals surface area contributed by atoms with E-state index in [1.807, 2.05) is 16.9 Å². The Kier molecular flexibility index (Phi) is 3.11. The van der Waals surface area contributed by atoms with Gasteiger partial charge in [-0.25, -0.2) is 9.97 Å². The van der Waals surface area contributed by atoms with E-state index >= 15 is 0 Å². The molecular formula is C13H10N4O2S. The topological polar surface area (TPSA) is 73.8 Å². The van der Waals surface area contributed by atoms with Gasteiger partial charge in [0.05, 0.1) is 15.5 Å². The third-order valence-corrected chi connectivity index (χ3v) is 3.64. The number of aromatic nitrogens is 3. The summed E-state index contributed by atoms with van der Waals surface area (Å²) in [5.41, 5.74) is 0.933. The summed E-state index contributed by atoms with van der Waals surface area (Å²) in [7, 11) is 0. The van der Waals surface area contributed by atoms with Crippen LogP contribution in [0.3, 0.4) is 0 Å². The number of thioether (sulfide) groups is 1. The first-order valence-corrected chi connectivity index (χ1v) is 7.04. The van der Waals surface area contributed by atoms with E-state index in [-0.39, 0.29) is 5.69 Å². The van der Waals surface area contributed by atoms with Crippen LogP contribution in [0.5, 0.6) is 0 Å². The van der Waals surface area contributed by atoms with E-state index < -0.39 is 4.92 Å². The van der Waals surface area contributed by atoms with Crippen molar-refractivity contribution in [3.8, 4) is 5.95 Å². The van der Waals surface area contributed by atoms with Gasteiger partial charge in [-0.2, -0.15) is 0 Å². The van der Waals surface area contributed by atoms with Crippen LogP contribution in [0.25, 0.3) is 16.9 Å². The van der Waals surface area contributed by atoms with Gasteiger partial charge in [-0.15, -0.1) is 11.8 Å². The van der Waals surface area contributed by atoms with Gasteiger partial charge in [0.15, 0.2) is 0 Å². The van der Waals surface area contributed by atoms with Crippen molar-refractivity contribution >= 4 is 28.4 Å². The lowest BCUT2D eigenvalue weighted by Gasteiger charge is -2.06. The van der Waals surface area contributed by atoms with Gasteiger partial charge in [0, 0.05) is 29.9 Å². The van der Waals surface area contributed by atoms with Gasteiger partial charge < -0.3 is 0 Å². The maximum Gasteiger partial charge on any atom is 0.270 e. The van der Waals surface area contributed by atoms with Gasteiger partial charge in [-0.3, -0.25) is 14.7 Å². The highest BCUT2D eigenvalue weighted by Gasteiger charge is 2.14. The first-order valence-electron chi connectivity index (χ1n) is 5.82. The number of hydrogen-bond donors (Lipinski definition) is 0. The van der Waals surface area contributed by atoms with Gasteiger partial charge in [0.25, 0.3) is 5.69 Å². The number of non-ortho nitro benzene ring substituents is 1. The predicted molar refractivity (Wildman–Crippen MR) is 77.3 cm³/mol. The summed E-state index contributed by atoms with van der Waals surface area (Å²) in [5, 5.41) is 12.6. The molecule has 2 heterocycles. The first kappa shape index (κ1) is 12.6. The molecule has 0 amide bonds. The molecule has 6 nitrogen and oxygen atoms in total. The van der Waals surface area contributed by atoms with Gasteiger partial charge in [0.2, 0.25) is 5.95 Å². The second kappa shape index (κ2) is 4.93. The van der Waals surface area contributed by atoms with Gasteiger partial charge in [-0.1, -0.05) is 0 Å². The molecule has 0 radical (unpaired) electrons. The van der Waals surface area contributed by atoms with Crippen molar-refractivity contribution in [3.63, 3.8) is 0 Å². The quantitative estimate of drug-likeness (QED) is 0.420. The Labute approximate surface area is 118 Å². The Morgan fingerprint density at radius 1 is 1.25 bits per heavy atom. The highest BCUT2D eigenvalue weighted by Crippen LogP contribution is 2.30. The van der Waals surface area contributed by atoms with E-state index in [0.29, 0.717) is 5.95 Å². The zero-order valence-electron chi connectivity index (χ0n) is 10.6. The molecule has 0 aliphatic carbocycles. The predicted octanol–water partition coefficient (Wildman–Crippen LogP) is 3.05. The molecule has 0 aliphatic heterocycles. The van der Waals surface area contributed by atoms with E-state index in [2.05, 4.69) is 9.97 Å². The summed E-state index contributed by atoms with van der Waals surface area (Å²) in [6.45, 7) is 0. The van der Waals surface area contributed by atoms with E-state index in [1.54, 1.807) is 42.4 Å². The van der Waals surface area contributed by atoms with Crippen molar-refractivity contribution in [2.24, 2.45) is 0 Å². The van der Waals surface area contributed by atoms with Crippen LogP contribution in [-0.4, -0.2) is 25.7 Å². The monoisotopic (exact) mass is 286 g/mol. The van der Waals surface area contributed by atoms with Crippen LogP contribution in [0.15, 0.2) is 47.8 Å². The molecule has 0 spiro atoms. The van der Waals surface area contributed by atoms with Gasteiger partial charge >= 0.3 is 0 Å². The molecule has 0 saturated carbocycles. The Bertz CT molecular complexity index is 786. The van der Waals surface area contributed by atoms with Gasteiger partial charge in [-0.05, 0) is 24.5 Å². The third-order valence-electron chi connectivity index (χ3n) is 2.92. The largest absolute Gasteiger partial charge is 0.273 e. The molecular weight excluding hydrogens is 276 g/mol. The Hall–Kier alpha value is -2.41. The fourth-order valence-electron chi connectivity index (χ4n) is 2.05. The number of rotatable bonds is 3. The zero-order valence-corrected chi connectivity index (χ0v) is 11.4. The Morgan fingerprint density at radius 3 is 2.65 bits per heavy atom. The number of nitro benzene ring substituents is 1. The molecule has 0 N–H and O–H groups in total. The fraction of sp³-hybridized carbons (Fsp3) is 0.0769. The summed E-state index contributed by atoms with van der Waals surface area (Å²) in [4.78, 5) is 18.9. The SMILES string of the molecule is CSc1cc2cc([N+](=O)[O-])ccc2n1-c1ncccn1. The molecule has 2 aromatic heterocycles. The third kappa shape index (κ3) is 2.01. The van der Waals surface area contributed by atoms with Crippen LogP contribution in [0.1, 0.15) is 0 Å². The molecule has 3 rings (SSSR count). The molecule has 1 aromatic carbocycles. The van der Waals surface area contributed by atoms with Gasteiger partial charge in [0.1, 0.15) is 0 Å². The van der Waals surface area contributed by atoms with Crippen molar-refractivity contribution in [2.75, 3.05) is 6.26 Å². The van der Waals surface area contributed by atoms with E-state index in [0.717, 1.165) is 15.9 Å². The molecule has 7 heteroatoms. The maximum atomic E-state index is 10.8. The lowest BCUT2D eigenvalue weighted by molar-refractivity contribution is -0.384. The van der Waals surface area contributed by atoms with Crippen molar-refractivity contribution in [2.45, 2.75) is 5.03 Å². The maximum absolute atomic E-state index is 10.8. The molecule has 0 fully saturated rings. The minimum atomic E-state index is -0.394. The molecule has 0 aliphatic rings. The summed E-state index contributed by atoms with van der Waals surface area (Å²) < 4.78 is 1.89. The van der Waals surface area contributed by atoms with Crippen molar-refractivity contribution < 1.29 is 4.92 Å². The molecule has 0 bridgehead atoms. The lowest BCUT2D eigenvalue weighted by atomic mass is 10.2. The summed E-state index contributed by atoms with van der Waals surface area (Å²) in [6, 6.07) is 8.44. The zero-order chi connectivity index (χ0) is 14.1. The van der Waals surface area contributed by atoms with Crippen molar-refractivity contribution in [1.29, 1.82) is 0 Å². The second-order valence-corrected chi connectivity index (χ2v) is 4.90. The average Bonchev–Trinajstić information content (AvgIpc) is 2.85. The normalized spacial score (nSPS) is 10.8. The smallest absolute Gasteiger partial charge is 0.270 e. The number of fused-ring (bicyclic) bond motifs is 1. The lowest BCUT2D eigenvalue weighted by Crippen LogP contribution is -2.00. The first-order chi connectivity index (χ1) is 9.70. The highest BCUT2D eigenvalue weighted by atomic mass is 32.2. The minimum Gasteiger partial charge on any atom is -0.273 e. The van der Waals surface area contributed by atoms with Crippen LogP contribution >= 0.6 is 11.8 Å². The Balaban J connectivity index is 2.28. The second-order valence-electron chi connectivity index (χ2n) is 4.07. The van der Waals surface area contributed by atoms with E-state index in [4.69, 9.17) is 0 Å². The van der Waals surface area contributed by atoms with E-state index in [9.17, 15) is 10.1 Å². The summed E-state index contributed by atoms with van der Waals surface area (Å²) in [6.07, 6.45) is 5.29. The summed E-state index contributed by atoms with van der Waals surface area (Å²) >= 11 is 1.54. The molecule has 0 saturated heterocycles. The number of benzene rings is 1. The van der Waals surface area contributed by atoms with Crippen molar-refractivity contribution in [1.82, 2.24) is 14.5 Å². The minimum absolute atomic E-state index is 0.0799. The molecule has 100 valence electrons. The van der Waals surface area contributed by atoms with Crippen LogP contribution < -0.4 is 0 Å².